The van der Waals surface area contributed by atoms with E-state index in [2.05, 4.69) is 5.32 Å². The number of rotatable bonds is 11. The molecule has 0 fully saturated rings. The lowest BCUT2D eigenvalue weighted by atomic mass is 10.1. The van der Waals surface area contributed by atoms with Gasteiger partial charge >= 0.3 is 0 Å². The summed E-state index contributed by atoms with van der Waals surface area (Å²) in [5, 5.41) is 2.90. The Bertz CT molecular complexity index is 1400. The third-order valence-corrected chi connectivity index (χ3v) is 8.46. The Morgan fingerprint density at radius 1 is 0.846 bits per heavy atom. The summed E-state index contributed by atoms with van der Waals surface area (Å²) in [6, 6.07) is 20.3. The van der Waals surface area contributed by atoms with E-state index in [-0.39, 0.29) is 23.3 Å². The van der Waals surface area contributed by atoms with Crippen LogP contribution in [0.4, 0.5) is 5.69 Å². The van der Waals surface area contributed by atoms with Crippen LogP contribution in [-0.4, -0.2) is 44.3 Å². The lowest BCUT2D eigenvalue weighted by molar-refractivity contribution is -0.139. The second-order valence-electron chi connectivity index (χ2n) is 10.4. The Labute approximate surface area is 232 Å². The molecular weight excluding hydrogens is 510 g/mol. The van der Waals surface area contributed by atoms with E-state index in [1.807, 2.05) is 65.0 Å². The highest BCUT2D eigenvalue weighted by Gasteiger charge is 2.32. The fourth-order valence-electron chi connectivity index (χ4n) is 4.17. The smallest absolute Gasteiger partial charge is 0.264 e. The van der Waals surface area contributed by atoms with E-state index in [9.17, 15) is 18.0 Å². The number of nitrogens with zero attached hydrogens (tertiary/aromatic N) is 2. The van der Waals surface area contributed by atoms with Gasteiger partial charge < -0.3 is 10.2 Å². The Kier molecular flexibility index (Phi) is 9.92. The molecule has 0 heterocycles. The number of aryl methyl sites for hydroxylation is 3. The molecule has 39 heavy (non-hydrogen) atoms. The average molecular weight is 550 g/mol. The zero-order valence-corrected chi connectivity index (χ0v) is 24.5. The molecule has 0 bridgehead atoms. The first-order valence-electron chi connectivity index (χ1n) is 13.2. The minimum absolute atomic E-state index is 0.0870. The molecule has 7 nitrogen and oxygen atoms in total. The van der Waals surface area contributed by atoms with Crippen molar-refractivity contribution in [3.8, 4) is 0 Å². The maximum absolute atomic E-state index is 14.0. The summed E-state index contributed by atoms with van der Waals surface area (Å²) in [5.74, 6) is -0.506. The van der Waals surface area contributed by atoms with Gasteiger partial charge in [0.1, 0.15) is 12.6 Å². The molecule has 3 rings (SSSR count). The summed E-state index contributed by atoms with van der Waals surface area (Å²) in [5.41, 5.74) is 4.20. The SMILES string of the molecule is Cc1cccc(CN(C(=O)CN(c2ccc(C)c(C)c2)S(=O)(=O)c2ccccc2)[C@H](C)C(=O)NCC(C)C)c1. The minimum Gasteiger partial charge on any atom is -0.354 e. The number of benzene rings is 3. The van der Waals surface area contributed by atoms with Gasteiger partial charge in [-0.3, -0.25) is 13.9 Å². The van der Waals surface area contributed by atoms with Gasteiger partial charge in [-0.15, -0.1) is 0 Å². The zero-order valence-electron chi connectivity index (χ0n) is 23.6. The largest absolute Gasteiger partial charge is 0.354 e. The van der Waals surface area contributed by atoms with Crippen LogP contribution in [0.1, 0.15) is 43.0 Å². The molecule has 1 atom stereocenters. The molecule has 0 spiro atoms. The number of anilines is 1. The standard InChI is InChI=1S/C31H39N3O4S/c1-22(2)19-32-31(36)26(6)33(20-27-12-10-11-23(3)17-27)30(35)21-34(28-16-15-24(4)25(5)18-28)39(37,38)29-13-8-7-9-14-29/h7-18,22,26H,19-21H2,1-6H3,(H,32,36)/t26-/m1/s1. The van der Waals surface area contributed by atoms with Crippen molar-refractivity contribution < 1.29 is 18.0 Å². The van der Waals surface area contributed by atoms with Crippen LogP contribution in [0.25, 0.3) is 0 Å². The minimum atomic E-state index is -4.07. The molecule has 0 aliphatic carbocycles. The molecule has 0 aromatic heterocycles. The topological polar surface area (TPSA) is 86.8 Å². The second-order valence-corrected chi connectivity index (χ2v) is 12.3. The third kappa shape index (κ3) is 7.69. The Hall–Kier alpha value is -3.65. The summed E-state index contributed by atoms with van der Waals surface area (Å²) in [7, 11) is -4.07. The molecular formula is C31H39N3O4S. The quantitative estimate of drug-likeness (QED) is 0.365. The number of hydrogen-bond acceptors (Lipinski definition) is 4. The molecule has 0 radical (unpaired) electrons. The normalized spacial score (nSPS) is 12.2. The summed E-state index contributed by atoms with van der Waals surface area (Å²) in [4.78, 5) is 28.6. The predicted octanol–water partition coefficient (Wildman–Crippen LogP) is 5.00. The van der Waals surface area contributed by atoms with Gasteiger partial charge in [-0.1, -0.05) is 67.9 Å². The van der Waals surface area contributed by atoms with Crippen molar-refractivity contribution in [2.45, 2.75) is 59.0 Å². The van der Waals surface area contributed by atoms with E-state index in [1.165, 1.54) is 17.0 Å². The van der Waals surface area contributed by atoms with Gasteiger partial charge in [-0.25, -0.2) is 8.42 Å². The Balaban J connectivity index is 2.03. The van der Waals surface area contributed by atoms with Crippen molar-refractivity contribution in [3.63, 3.8) is 0 Å². The summed E-state index contributed by atoms with van der Waals surface area (Å²) < 4.78 is 28.8. The van der Waals surface area contributed by atoms with Crippen molar-refractivity contribution >= 4 is 27.5 Å². The maximum atomic E-state index is 14.0. The Morgan fingerprint density at radius 3 is 2.15 bits per heavy atom. The van der Waals surface area contributed by atoms with Crippen molar-refractivity contribution in [3.05, 3.63) is 95.1 Å². The molecule has 208 valence electrons. The van der Waals surface area contributed by atoms with Crippen LogP contribution in [0.5, 0.6) is 0 Å². The van der Waals surface area contributed by atoms with Crippen LogP contribution < -0.4 is 9.62 Å². The van der Waals surface area contributed by atoms with Crippen LogP contribution in [0, 0.1) is 26.7 Å². The van der Waals surface area contributed by atoms with Gasteiger partial charge in [0.15, 0.2) is 0 Å². The number of hydrogen-bond donors (Lipinski definition) is 1. The zero-order chi connectivity index (χ0) is 28.7. The maximum Gasteiger partial charge on any atom is 0.264 e. The fourth-order valence-corrected chi connectivity index (χ4v) is 5.60. The number of carbonyl (C=O) groups excluding carboxylic acids is 2. The van der Waals surface area contributed by atoms with Crippen molar-refractivity contribution in [2.24, 2.45) is 5.92 Å². The van der Waals surface area contributed by atoms with Crippen molar-refractivity contribution in [1.29, 1.82) is 0 Å². The van der Waals surface area contributed by atoms with Gasteiger partial charge in [-0.2, -0.15) is 0 Å². The predicted molar refractivity (Wildman–Crippen MR) is 156 cm³/mol. The molecule has 0 saturated carbocycles. The number of carbonyl (C=O) groups is 2. The monoisotopic (exact) mass is 549 g/mol. The van der Waals surface area contributed by atoms with E-state index in [4.69, 9.17) is 0 Å². The van der Waals surface area contributed by atoms with Gasteiger partial charge in [0, 0.05) is 13.1 Å². The van der Waals surface area contributed by atoms with E-state index >= 15 is 0 Å². The summed E-state index contributed by atoms with van der Waals surface area (Å²) >= 11 is 0. The van der Waals surface area contributed by atoms with Gasteiger partial charge in [0.2, 0.25) is 11.8 Å². The van der Waals surface area contributed by atoms with Crippen LogP contribution in [0.15, 0.2) is 77.7 Å². The molecule has 3 aromatic rings. The van der Waals surface area contributed by atoms with E-state index in [1.54, 1.807) is 37.3 Å². The van der Waals surface area contributed by atoms with E-state index in [0.29, 0.717) is 12.2 Å². The van der Waals surface area contributed by atoms with Crippen LogP contribution in [0.2, 0.25) is 0 Å². The highest BCUT2D eigenvalue weighted by molar-refractivity contribution is 7.92. The molecule has 0 aliphatic rings. The molecule has 0 aliphatic heterocycles. The lowest BCUT2D eigenvalue weighted by Gasteiger charge is -2.32. The molecule has 2 amide bonds. The molecule has 3 aromatic carbocycles. The lowest BCUT2D eigenvalue weighted by Crippen LogP contribution is -2.51. The highest BCUT2D eigenvalue weighted by atomic mass is 32.2. The first-order valence-corrected chi connectivity index (χ1v) is 14.6. The Morgan fingerprint density at radius 2 is 1.54 bits per heavy atom. The van der Waals surface area contributed by atoms with Gasteiger partial charge in [0.25, 0.3) is 10.0 Å². The number of sulfonamides is 1. The highest BCUT2D eigenvalue weighted by Crippen LogP contribution is 2.26. The van der Waals surface area contributed by atoms with Gasteiger partial charge in [0.05, 0.1) is 10.6 Å². The van der Waals surface area contributed by atoms with Crippen molar-refractivity contribution in [1.82, 2.24) is 10.2 Å². The first kappa shape index (κ1) is 29.9. The van der Waals surface area contributed by atoms with Gasteiger partial charge in [-0.05, 0) is 74.6 Å². The molecule has 8 heteroatoms. The van der Waals surface area contributed by atoms with Crippen LogP contribution in [0.3, 0.4) is 0 Å². The molecule has 0 unspecified atom stereocenters. The van der Waals surface area contributed by atoms with E-state index in [0.717, 1.165) is 26.6 Å². The molecule has 1 N–H and O–H groups in total. The number of amides is 2. The van der Waals surface area contributed by atoms with Crippen LogP contribution in [-0.2, 0) is 26.2 Å². The first-order chi connectivity index (χ1) is 18.4. The summed E-state index contributed by atoms with van der Waals surface area (Å²) in [6.45, 7) is 11.7. The second kappa shape index (κ2) is 12.9. The van der Waals surface area contributed by atoms with Crippen molar-refractivity contribution in [2.75, 3.05) is 17.4 Å². The third-order valence-electron chi connectivity index (χ3n) is 6.68. The fraction of sp³-hybridized carbons (Fsp3) is 0.355. The summed E-state index contributed by atoms with van der Waals surface area (Å²) in [6.07, 6.45) is 0. The average Bonchev–Trinajstić information content (AvgIpc) is 2.90. The number of nitrogens with one attached hydrogen (secondary N) is 1. The van der Waals surface area contributed by atoms with Crippen LogP contribution >= 0.6 is 0 Å². The van der Waals surface area contributed by atoms with E-state index < -0.39 is 28.5 Å². The molecule has 0 saturated heterocycles.